The van der Waals surface area contributed by atoms with Gasteiger partial charge in [-0.15, -0.1) is 0 Å². The molecule has 0 radical (unpaired) electrons. The van der Waals surface area contributed by atoms with Gasteiger partial charge in [-0.1, -0.05) is 6.07 Å². The maximum absolute atomic E-state index is 10.6. The Balaban J connectivity index is 2.29. The second-order valence-corrected chi connectivity index (χ2v) is 4.70. The molecular formula is C12H10BrN3O3. The van der Waals surface area contributed by atoms with Crippen molar-refractivity contribution in [1.29, 1.82) is 0 Å². The van der Waals surface area contributed by atoms with Crippen LogP contribution in [0.25, 0.3) is 0 Å². The highest BCUT2D eigenvalue weighted by Crippen LogP contribution is 2.31. The normalized spacial score (nSPS) is 10.2. The Morgan fingerprint density at radius 3 is 2.68 bits per heavy atom. The summed E-state index contributed by atoms with van der Waals surface area (Å²) in [5, 5.41) is 10.6. The van der Waals surface area contributed by atoms with Crippen molar-refractivity contribution in [3.8, 4) is 11.6 Å². The molecular weight excluding hydrogens is 314 g/mol. The predicted octanol–water partition coefficient (Wildman–Crippen LogP) is 3.44. The van der Waals surface area contributed by atoms with E-state index in [0.29, 0.717) is 5.75 Å². The lowest BCUT2D eigenvalue weighted by Gasteiger charge is -2.07. The molecule has 2 N–H and O–H groups in total. The van der Waals surface area contributed by atoms with E-state index in [-0.39, 0.29) is 17.4 Å². The first kappa shape index (κ1) is 13.3. The van der Waals surface area contributed by atoms with Crippen molar-refractivity contribution in [3.63, 3.8) is 0 Å². The van der Waals surface area contributed by atoms with E-state index in [4.69, 9.17) is 10.5 Å². The molecule has 6 nitrogen and oxygen atoms in total. The number of benzene rings is 1. The Morgan fingerprint density at radius 1 is 1.37 bits per heavy atom. The average molecular weight is 324 g/mol. The highest BCUT2D eigenvalue weighted by atomic mass is 79.9. The summed E-state index contributed by atoms with van der Waals surface area (Å²) in [5.41, 5.74) is 6.33. The van der Waals surface area contributed by atoms with Gasteiger partial charge in [-0.2, -0.15) is 4.98 Å². The van der Waals surface area contributed by atoms with Gasteiger partial charge in [0.2, 0.25) is 11.7 Å². The molecule has 1 aromatic carbocycles. The van der Waals surface area contributed by atoms with Crippen LogP contribution in [0.3, 0.4) is 0 Å². The molecule has 0 saturated carbocycles. The van der Waals surface area contributed by atoms with E-state index in [0.717, 1.165) is 10.0 Å². The second-order valence-electron chi connectivity index (χ2n) is 3.85. The minimum atomic E-state index is -0.589. The zero-order valence-corrected chi connectivity index (χ0v) is 11.5. The van der Waals surface area contributed by atoms with Gasteiger partial charge in [-0.3, -0.25) is 10.1 Å². The number of halogens is 1. The predicted molar refractivity (Wildman–Crippen MR) is 74.3 cm³/mol. The zero-order valence-electron chi connectivity index (χ0n) is 9.96. The zero-order chi connectivity index (χ0) is 14.0. The number of nitrogen functional groups attached to an aromatic ring is 1. The molecule has 1 heterocycles. The molecule has 0 aliphatic heterocycles. The summed E-state index contributed by atoms with van der Waals surface area (Å²) in [7, 11) is 0. The molecule has 1 aromatic heterocycles. The number of nitro groups is 1. The summed E-state index contributed by atoms with van der Waals surface area (Å²) >= 11 is 3.37. The number of ether oxygens (including phenoxy) is 1. The molecule has 0 fully saturated rings. The van der Waals surface area contributed by atoms with Gasteiger partial charge < -0.3 is 10.5 Å². The Kier molecular flexibility index (Phi) is 3.66. The van der Waals surface area contributed by atoms with Crippen molar-refractivity contribution in [2.45, 2.75) is 6.92 Å². The third kappa shape index (κ3) is 3.00. The molecule has 0 atom stereocenters. The summed E-state index contributed by atoms with van der Waals surface area (Å²) in [4.78, 5) is 13.9. The van der Waals surface area contributed by atoms with Gasteiger partial charge >= 0.3 is 5.69 Å². The van der Waals surface area contributed by atoms with Crippen LogP contribution in [0.1, 0.15) is 5.56 Å². The van der Waals surface area contributed by atoms with Crippen LogP contribution >= 0.6 is 15.9 Å². The van der Waals surface area contributed by atoms with Crippen LogP contribution in [0.15, 0.2) is 34.8 Å². The lowest BCUT2D eigenvalue weighted by atomic mass is 10.2. The quantitative estimate of drug-likeness (QED) is 0.690. The van der Waals surface area contributed by atoms with Crippen molar-refractivity contribution in [1.82, 2.24) is 4.98 Å². The monoisotopic (exact) mass is 323 g/mol. The molecule has 2 rings (SSSR count). The van der Waals surface area contributed by atoms with Gasteiger partial charge in [0, 0.05) is 12.1 Å². The summed E-state index contributed by atoms with van der Waals surface area (Å²) in [6.07, 6.45) is 0. The van der Waals surface area contributed by atoms with Gasteiger partial charge in [0.05, 0.1) is 9.40 Å². The molecule has 98 valence electrons. The fraction of sp³-hybridized carbons (Fsp3) is 0.0833. The lowest BCUT2D eigenvalue weighted by molar-refractivity contribution is -0.384. The number of rotatable bonds is 3. The van der Waals surface area contributed by atoms with E-state index in [1.807, 2.05) is 19.1 Å². The third-order valence-corrected chi connectivity index (χ3v) is 3.00. The van der Waals surface area contributed by atoms with Gasteiger partial charge in [0.15, 0.2) is 0 Å². The smallest absolute Gasteiger partial charge is 0.311 e. The van der Waals surface area contributed by atoms with Crippen molar-refractivity contribution < 1.29 is 9.66 Å². The first-order valence-corrected chi connectivity index (χ1v) is 6.11. The van der Waals surface area contributed by atoms with Gasteiger partial charge in [-0.25, -0.2) is 0 Å². The molecule has 0 aliphatic carbocycles. The molecule has 0 amide bonds. The Labute approximate surface area is 117 Å². The molecule has 0 aliphatic rings. The first-order chi connectivity index (χ1) is 8.97. The number of aromatic nitrogens is 1. The highest BCUT2D eigenvalue weighted by Gasteiger charge is 2.14. The number of hydrogen-bond donors (Lipinski definition) is 1. The topological polar surface area (TPSA) is 91.3 Å². The minimum Gasteiger partial charge on any atom is -0.438 e. The number of nitrogens with two attached hydrogens (primary N) is 1. The summed E-state index contributed by atoms with van der Waals surface area (Å²) in [5.74, 6) is 0.588. The van der Waals surface area contributed by atoms with E-state index in [2.05, 4.69) is 20.9 Å². The SMILES string of the molecule is Cc1ccc(Oc2ccc([N+](=O)[O-])c(N)n2)c(Br)c1. The van der Waals surface area contributed by atoms with Crippen molar-refractivity contribution in [3.05, 3.63) is 50.5 Å². The van der Waals surface area contributed by atoms with Crippen molar-refractivity contribution in [2.24, 2.45) is 0 Å². The first-order valence-electron chi connectivity index (χ1n) is 5.32. The standard InChI is InChI=1S/C12H10BrN3O3/c1-7-2-4-10(8(13)6-7)19-11-5-3-9(16(17)18)12(14)15-11/h2-6H,1H3,(H2,14,15). The molecule has 7 heteroatoms. The van der Waals surface area contributed by atoms with E-state index in [1.165, 1.54) is 12.1 Å². The molecule has 2 aromatic rings. The summed E-state index contributed by atoms with van der Waals surface area (Å²) < 4.78 is 6.29. The largest absolute Gasteiger partial charge is 0.438 e. The van der Waals surface area contributed by atoms with Crippen molar-refractivity contribution >= 4 is 27.4 Å². The number of pyridine rings is 1. The van der Waals surface area contributed by atoms with Gasteiger partial charge in [0.1, 0.15) is 5.75 Å². The maximum Gasteiger partial charge on any atom is 0.311 e. The molecule has 0 unspecified atom stereocenters. The van der Waals surface area contributed by atoms with Gasteiger partial charge in [0.25, 0.3) is 0 Å². The van der Waals surface area contributed by atoms with E-state index in [9.17, 15) is 10.1 Å². The number of nitrogens with zero attached hydrogens (tertiary/aromatic N) is 2. The van der Waals surface area contributed by atoms with Gasteiger partial charge in [-0.05, 0) is 40.5 Å². The molecule has 0 spiro atoms. The van der Waals surface area contributed by atoms with E-state index in [1.54, 1.807) is 6.07 Å². The number of anilines is 1. The number of aryl methyl sites for hydroxylation is 1. The molecule has 0 bridgehead atoms. The van der Waals surface area contributed by atoms with E-state index >= 15 is 0 Å². The Morgan fingerprint density at radius 2 is 2.11 bits per heavy atom. The fourth-order valence-corrected chi connectivity index (χ4v) is 2.04. The lowest BCUT2D eigenvalue weighted by Crippen LogP contribution is -1.99. The van der Waals surface area contributed by atoms with Crippen LogP contribution in [-0.2, 0) is 0 Å². The Hall–Kier alpha value is -2.15. The fourth-order valence-electron chi connectivity index (χ4n) is 1.46. The van der Waals surface area contributed by atoms with Crippen LogP contribution in [0.2, 0.25) is 0 Å². The van der Waals surface area contributed by atoms with Crippen LogP contribution in [0.4, 0.5) is 11.5 Å². The average Bonchev–Trinajstić information content (AvgIpc) is 2.32. The van der Waals surface area contributed by atoms with Crippen LogP contribution < -0.4 is 10.5 Å². The van der Waals surface area contributed by atoms with Crippen molar-refractivity contribution in [2.75, 3.05) is 5.73 Å². The minimum absolute atomic E-state index is 0.175. The highest BCUT2D eigenvalue weighted by molar-refractivity contribution is 9.10. The summed E-state index contributed by atoms with van der Waals surface area (Å²) in [6.45, 7) is 1.96. The maximum atomic E-state index is 10.6. The second kappa shape index (κ2) is 5.23. The summed E-state index contributed by atoms with van der Waals surface area (Å²) in [6, 6.07) is 8.22. The third-order valence-electron chi connectivity index (χ3n) is 2.38. The van der Waals surface area contributed by atoms with Crippen LogP contribution in [0.5, 0.6) is 11.6 Å². The van der Waals surface area contributed by atoms with E-state index < -0.39 is 4.92 Å². The molecule has 19 heavy (non-hydrogen) atoms. The van der Waals surface area contributed by atoms with Crippen LogP contribution in [0, 0.1) is 17.0 Å². The van der Waals surface area contributed by atoms with Crippen LogP contribution in [-0.4, -0.2) is 9.91 Å². The number of hydrogen-bond acceptors (Lipinski definition) is 5. The Bertz CT molecular complexity index is 646. The molecule has 0 saturated heterocycles.